The molecule has 0 saturated heterocycles. The van der Waals surface area contributed by atoms with Crippen molar-refractivity contribution in [2.45, 2.75) is 64.8 Å². The van der Waals surface area contributed by atoms with Crippen molar-refractivity contribution < 1.29 is 19.5 Å². The summed E-state index contributed by atoms with van der Waals surface area (Å²) in [5.41, 5.74) is 2.58. The van der Waals surface area contributed by atoms with Crippen LogP contribution >= 0.6 is 0 Å². The molecule has 0 bridgehead atoms. The fourth-order valence-electron chi connectivity index (χ4n) is 3.45. The van der Waals surface area contributed by atoms with E-state index < -0.39 is 11.9 Å². The number of hydrogen-bond acceptors (Lipinski definition) is 3. The molecule has 1 aliphatic carbocycles. The van der Waals surface area contributed by atoms with Gasteiger partial charge in [-0.3, -0.25) is 14.4 Å². The largest absolute Gasteiger partial charge is 0.481 e. The van der Waals surface area contributed by atoms with Crippen molar-refractivity contribution >= 4 is 17.7 Å². The van der Waals surface area contributed by atoms with Gasteiger partial charge in [0.15, 0.2) is 5.78 Å². The number of carbonyl (C=O) groups is 3. The highest BCUT2D eigenvalue weighted by Crippen LogP contribution is 2.24. The lowest BCUT2D eigenvalue weighted by Gasteiger charge is -2.22. The first-order valence-electron chi connectivity index (χ1n) is 9.01. The third-order valence-corrected chi connectivity index (χ3v) is 4.95. The van der Waals surface area contributed by atoms with Gasteiger partial charge in [0, 0.05) is 24.4 Å². The highest BCUT2D eigenvalue weighted by molar-refractivity contribution is 5.99. The fraction of sp³-hybridized carbons (Fsp3) is 0.550. The zero-order chi connectivity index (χ0) is 18.4. The molecule has 0 radical (unpaired) electrons. The number of benzene rings is 1. The molecule has 0 heterocycles. The molecule has 2 atom stereocenters. The molecule has 0 aliphatic heterocycles. The SMILES string of the molecule is Cc1ccc(C)c(C(=O)CCC(=O)N[C@H]2CCCCC[C@H]2C(=O)O)c1. The molecular weight excluding hydrogens is 318 g/mol. The van der Waals surface area contributed by atoms with Gasteiger partial charge in [0.1, 0.15) is 0 Å². The molecule has 0 unspecified atom stereocenters. The van der Waals surface area contributed by atoms with Gasteiger partial charge in [0.05, 0.1) is 5.92 Å². The summed E-state index contributed by atoms with van der Waals surface area (Å²) in [5, 5.41) is 12.2. The number of Topliss-reactive ketones (excluding diaryl/α,β-unsaturated/α-hetero) is 1. The quantitative estimate of drug-likeness (QED) is 0.611. The summed E-state index contributed by atoms with van der Waals surface area (Å²) < 4.78 is 0. The first-order valence-corrected chi connectivity index (χ1v) is 9.01. The summed E-state index contributed by atoms with van der Waals surface area (Å²) in [4.78, 5) is 36.0. The van der Waals surface area contributed by atoms with Crippen molar-refractivity contribution in [2.24, 2.45) is 5.92 Å². The molecule has 0 aromatic heterocycles. The first kappa shape index (κ1) is 19.2. The van der Waals surface area contributed by atoms with E-state index >= 15 is 0 Å². The minimum Gasteiger partial charge on any atom is -0.481 e. The van der Waals surface area contributed by atoms with Gasteiger partial charge in [-0.1, -0.05) is 37.0 Å². The lowest BCUT2D eigenvalue weighted by molar-refractivity contribution is -0.143. The second-order valence-electron chi connectivity index (χ2n) is 7.00. The summed E-state index contributed by atoms with van der Waals surface area (Å²) in [6.07, 6.45) is 4.33. The number of aryl methyl sites for hydroxylation is 2. The van der Waals surface area contributed by atoms with Crippen molar-refractivity contribution in [3.05, 3.63) is 34.9 Å². The number of hydrogen-bond donors (Lipinski definition) is 2. The van der Waals surface area contributed by atoms with Crippen LogP contribution in [-0.4, -0.2) is 28.8 Å². The van der Waals surface area contributed by atoms with E-state index in [4.69, 9.17) is 0 Å². The van der Waals surface area contributed by atoms with E-state index in [0.29, 0.717) is 18.4 Å². The van der Waals surface area contributed by atoms with Crippen LogP contribution in [0.1, 0.15) is 66.4 Å². The standard InChI is InChI=1S/C20H27NO4/c1-13-8-9-14(2)16(12-13)18(22)10-11-19(23)21-17-7-5-3-4-6-15(17)20(24)25/h8-9,12,15,17H,3-7,10-11H2,1-2H3,(H,21,23)(H,24,25)/t15-,17+/m1/s1. The van der Waals surface area contributed by atoms with Crippen LogP contribution < -0.4 is 5.32 Å². The Morgan fingerprint density at radius 2 is 1.80 bits per heavy atom. The number of rotatable bonds is 6. The zero-order valence-corrected chi connectivity index (χ0v) is 15.0. The first-order chi connectivity index (χ1) is 11.9. The molecule has 5 nitrogen and oxygen atoms in total. The van der Waals surface area contributed by atoms with Crippen LogP contribution in [0, 0.1) is 19.8 Å². The monoisotopic (exact) mass is 345 g/mol. The Morgan fingerprint density at radius 3 is 2.52 bits per heavy atom. The van der Waals surface area contributed by atoms with Crippen molar-refractivity contribution in [2.75, 3.05) is 0 Å². The number of carboxylic acids is 1. The Balaban J connectivity index is 1.92. The van der Waals surface area contributed by atoms with Crippen LogP contribution in [0.15, 0.2) is 18.2 Å². The van der Waals surface area contributed by atoms with Crippen LogP contribution in [-0.2, 0) is 9.59 Å². The predicted octanol–water partition coefficient (Wildman–Crippen LogP) is 3.42. The minimum atomic E-state index is -0.848. The van der Waals surface area contributed by atoms with E-state index in [9.17, 15) is 19.5 Å². The average molecular weight is 345 g/mol. The lowest BCUT2D eigenvalue weighted by atomic mass is 9.94. The van der Waals surface area contributed by atoms with E-state index in [-0.39, 0.29) is 30.6 Å². The molecule has 1 aromatic carbocycles. The molecule has 2 N–H and O–H groups in total. The Hall–Kier alpha value is -2.17. The molecule has 2 rings (SSSR count). The minimum absolute atomic E-state index is 0.0491. The van der Waals surface area contributed by atoms with Gasteiger partial charge >= 0.3 is 5.97 Å². The van der Waals surface area contributed by atoms with Crippen LogP contribution in [0.2, 0.25) is 0 Å². The highest BCUT2D eigenvalue weighted by Gasteiger charge is 2.30. The maximum absolute atomic E-state index is 12.4. The van der Waals surface area contributed by atoms with E-state index in [2.05, 4.69) is 5.32 Å². The lowest BCUT2D eigenvalue weighted by Crippen LogP contribution is -2.42. The number of nitrogens with one attached hydrogen (secondary N) is 1. The molecule has 1 amide bonds. The summed E-state index contributed by atoms with van der Waals surface area (Å²) in [7, 11) is 0. The van der Waals surface area contributed by atoms with E-state index in [1.807, 2.05) is 32.0 Å². The molecule has 1 fully saturated rings. The highest BCUT2D eigenvalue weighted by atomic mass is 16.4. The maximum Gasteiger partial charge on any atom is 0.308 e. The molecule has 1 aromatic rings. The summed E-state index contributed by atoms with van der Waals surface area (Å²) >= 11 is 0. The topological polar surface area (TPSA) is 83.5 Å². The molecule has 0 spiro atoms. The van der Waals surface area contributed by atoms with Crippen molar-refractivity contribution in [1.82, 2.24) is 5.32 Å². The van der Waals surface area contributed by atoms with Gasteiger partial charge in [0.2, 0.25) is 5.91 Å². The smallest absolute Gasteiger partial charge is 0.308 e. The zero-order valence-electron chi connectivity index (χ0n) is 15.0. The van der Waals surface area contributed by atoms with Gasteiger partial charge in [-0.05, 0) is 38.3 Å². The van der Waals surface area contributed by atoms with E-state index in [1.165, 1.54) is 0 Å². The Bertz CT molecular complexity index is 653. The second kappa shape index (κ2) is 8.79. The van der Waals surface area contributed by atoms with Gasteiger partial charge < -0.3 is 10.4 Å². The molecule has 25 heavy (non-hydrogen) atoms. The van der Waals surface area contributed by atoms with Crippen LogP contribution in [0.25, 0.3) is 0 Å². The summed E-state index contributed by atoms with van der Waals surface area (Å²) in [5.74, 6) is -1.66. The van der Waals surface area contributed by atoms with Gasteiger partial charge in [-0.25, -0.2) is 0 Å². The Morgan fingerprint density at radius 1 is 1.08 bits per heavy atom. The Labute approximate surface area is 148 Å². The van der Waals surface area contributed by atoms with E-state index in [1.54, 1.807) is 0 Å². The molecular formula is C20H27NO4. The van der Waals surface area contributed by atoms with Crippen LogP contribution in [0.5, 0.6) is 0 Å². The number of amides is 1. The van der Waals surface area contributed by atoms with Gasteiger partial charge in [-0.2, -0.15) is 0 Å². The molecule has 136 valence electrons. The van der Waals surface area contributed by atoms with Crippen LogP contribution in [0.4, 0.5) is 0 Å². The van der Waals surface area contributed by atoms with Crippen molar-refractivity contribution in [1.29, 1.82) is 0 Å². The summed E-state index contributed by atoms with van der Waals surface area (Å²) in [6, 6.07) is 5.38. The molecule has 1 aliphatic rings. The Kier molecular flexibility index (Phi) is 6.73. The number of aliphatic carboxylic acids is 1. The number of carboxylic acid groups (broad SMARTS) is 1. The molecule has 5 heteroatoms. The van der Waals surface area contributed by atoms with Crippen LogP contribution in [0.3, 0.4) is 0 Å². The maximum atomic E-state index is 12.4. The number of carbonyl (C=O) groups excluding carboxylic acids is 2. The molecule has 1 saturated carbocycles. The van der Waals surface area contributed by atoms with Crippen molar-refractivity contribution in [3.63, 3.8) is 0 Å². The van der Waals surface area contributed by atoms with Gasteiger partial charge in [-0.15, -0.1) is 0 Å². The van der Waals surface area contributed by atoms with E-state index in [0.717, 1.165) is 30.4 Å². The number of ketones is 1. The van der Waals surface area contributed by atoms with Crippen molar-refractivity contribution in [3.8, 4) is 0 Å². The van der Waals surface area contributed by atoms with Gasteiger partial charge in [0.25, 0.3) is 0 Å². The predicted molar refractivity (Wildman–Crippen MR) is 95.6 cm³/mol. The average Bonchev–Trinajstić information content (AvgIpc) is 2.80. The second-order valence-corrected chi connectivity index (χ2v) is 7.00. The normalized spacial score (nSPS) is 20.6. The fourth-order valence-corrected chi connectivity index (χ4v) is 3.45. The third-order valence-electron chi connectivity index (χ3n) is 4.95. The summed E-state index contributed by atoms with van der Waals surface area (Å²) in [6.45, 7) is 3.82. The third kappa shape index (κ3) is 5.41.